The van der Waals surface area contributed by atoms with Crippen LogP contribution in [-0.4, -0.2) is 4.70 Å². The third-order valence-corrected chi connectivity index (χ3v) is 12.9. The Morgan fingerprint density at radius 2 is 0.817 bits per heavy atom. The molecule has 0 radical (unpaired) electrons. The molecule has 0 saturated heterocycles. The van der Waals surface area contributed by atoms with Gasteiger partial charge in [0.05, 0.1) is 0 Å². The topological polar surface area (TPSA) is 25.3 Å². The predicted molar refractivity (Wildman–Crippen MR) is 264 cm³/mol. The van der Waals surface area contributed by atoms with Gasteiger partial charge in [0.2, 0.25) is 11.4 Å². The van der Waals surface area contributed by atoms with Crippen molar-refractivity contribution in [3.63, 3.8) is 0 Å². The monoisotopic (exact) mass is 863 g/mol. The Hall–Kier alpha value is -2.51. The average molecular weight is 864 g/mol. The van der Waals surface area contributed by atoms with Crippen molar-refractivity contribution >= 4 is 11.4 Å². The second-order valence-electron chi connectivity index (χ2n) is 17.4. The van der Waals surface area contributed by atoms with Gasteiger partial charge < -0.3 is 5.53 Å². The van der Waals surface area contributed by atoms with Crippen LogP contribution in [0.2, 0.25) is 0 Å². The number of allylic oxidation sites excluding steroid dienone is 4. The zero-order valence-electron chi connectivity index (χ0n) is 40.1. The fraction of sp³-hybridized carbons (Fsp3) is 0.649. The Bertz CT molecular complexity index is 1480. The summed E-state index contributed by atoms with van der Waals surface area (Å²) < 4.78 is 1.54. The predicted octanol–water partition coefficient (Wildman–Crippen LogP) is 19.5. The average Bonchev–Trinajstić information content (AvgIpc) is 3.55. The summed E-state index contributed by atoms with van der Waals surface area (Å²) in [6, 6.07) is 17.7. The van der Waals surface area contributed by atoms with Crippen LogP contribution in [0.4, 0.5) is 0 Å². The first-order chi connectivity index (χ1) is 29.6. The summed E-state index contributed by atoms with van der Waals surface area (Å²) in [6.45, 7) is 13.6. The van der Waals surface area contributed by atoms with Crippen LogP contribution in [0, 0.1) is 0 Å². The minimum Gasteiger partial charge on any atom is -0.493 e. The van der Waals surface area contributed by atoms with Crippen LogP contribution in [0.1, 0.15) is 250 Å². The second-order valence-corrected chi connectivity index (χ2v) is 18.4. The molecule has 0 N–H and O–H groups in total. The first-order valence-electron chi connectivity index (χ1n) is 25.5. The van der Waals surface area contributed by atoms with E-state index in [9.17, 15) is 5.53 Å². The van der Waals surface area contributed by atoms with Crippen LogP contribution in [0.15, 0.2) is 81.9 Å². The van der Waals surface area contributed by atoms with Gasteiger partial charge in [0.15, 0.2) is 0 Å². The summed E-state index contributed by atoms with van der Waals surface area (Å²) in [5, 5.41) is 4.58. The Morgan fingerprint density at radius 3 is 1.30 bits per heavy atom. The van der Waals surface area contributed by atoms with E-state index in [4.69, 9.17) is 0 Å². The number of aryl methyl sites for hydroxylation is 2. The normalized spacial score (nSPS) is 13.1. The van der Waals surface area contributed by atoms with E-state index in [1.165, 1.54) is 181 Å². The summed E-state index contributed by atoms with van der Waals surface area (Å²) in [6.07, 6.45) is 45.1. The molecule has 0 amide bonds. The molecule has 0 aliphatic carbocycles. The number of hydrogen-bond acceptors (Lipinski definition) is 0. The van der Waals surface area contributed by atoms with E-state index in [1.807, 2.05) is 0 Å². The molecule has 1 aliphatic heterocycles. The molecule has 2 aromatic rings. The SMILES string of the molecule is CCCCCCCCCCC=[CH][Ni][CH]=CCCCCCCCCCC.CCCCCCc1cccc(C2=C(CCCC)C(CCCCC)=C(c3cccc(CC)c3)[N+]2=[N-])c1. The van der Waals surface area contributed by atoms with Gasteiger partial charge in [0.1, 0.15) is 0 Å². The van der Waals surface area contributed by atoms with Crippen LogP contribution < -0.4 is 0 Å². The molecule has 0 fully saturated rings. The molecule has 0 unspecified atom stereocenters. The molecule has 0 saturated carbocycles. The van der Waals surface area contributed by atoms with Crippen LogP contribution in [0.25, 0.3) is 16.9 Å². The van der Waals surface area contributed by atoms with Crippen molar-refractivity contribution in [3.8, 4) is 0 Å². The molecule has 0 atom stereocenters. The van der Waals surface area contributed by atoms with Gasteiger partial charge in [-0.05, 0) is 80.3 Å². The quantitative estimate of drug-likeness (QED) is 0.0375. The minimum atomic E-state index is 1.00. The molecule has 2 aromatic carbocycles. The molecule has 1 heterocycles. The molecule has 2 nitrogen and oxygen atoms in total. The fourth-order valence-corrected chi connectivity index (χ4v) is 8.99. The number of unbranched alkanes of at least 4 members (excludes halogenated alkanes) is 22. The Morgan fingerprint density at radius 1 is 0.433 bits per heavy atom. The zero-order chi connectivity index (χ0) is 43.3. The first kappa shape index (κ1) is 53.6. The van der Waals surface area contributed by atoms with E-state index >= 15 is 0 Å². The van der Waals surface area contributed by atoms with E-state index in [1.54, 1.807) is 14.4 Å². The minimum absolute atomic E-state index is 1.00. The van der Waals surface area contributed by atoms with Crippen LogP contribution in [0.5, 0.6) is 0 Å². The van der Waals surface area contributed by atoms with Crippen LogP contribution in [0.3, 0.4) is 0 Å². The fourth-order valence-electron chi connectivity index (χ4n) is 8.28. The maximum absolute atomic E-state index is 11.8. The zero-order valence-corrected chi connectivity index (χ0v) is 41.0. The molecule has 60 heavy (non-hydrogen) atoms. The summed E-state index contributed by atoms with van der Waals surface area (Å²) in [5.41, 5.74) is 21.5. The van der Waals surface area contributed by atoms with Gasteiger partial charge in [0, 0.05) is 22.3 Å². The standard InChI is InChI=1S/C33H46N2.2C12H23.Ni/c1-5-9-12-14-17-27-19-16-21-29(25-27)33-30(22-11-7-3)31(23-13-10-6-2)32(35(33)34)28-20-15-18-26(8-4)24-28;2*1-3-5-7-9-11-12-10-8-6-4-2;/h15-16,18-21,24-25H,5-14,17,22-23H2,1-4H3;2*1,3H,4-12H2,2H3;. The van der Waals surface area contributed by atoms with Crippen molar-refractivity contribution in [2.75, 3.05) is 0 Å². The maximum atomic E-state index is 11.8. The number of benzene rings is 2. The molecule has 3 rings (SSSR count). The second kappa shape index (κ2) is 37.1. The third kappa shape index (κ3) is 23.1. The molecule has 1 aliphatic rings. The first-order valence-corrected chi connectivity index (χ1v) is 26.7. The smallest absolute Gasteiger partial charge is 0.493 e. The van der Waals surface area contributed by atoms with E-state index in [-0.39, 0.29) is 0 Å². The summed E-state index contributed by atoms with van der Waals surface area (Å²) >= 11 is 1.67. The molecule has 0 spiro atoms. The summed E-state index contributed by atoms with van der Waals surface area (Å²) in [5.74, 6) is 0. The molecule has 0 bridgehead atoms. The summed E-state index contributed by atoms with van der Waals surface area (Å²) in [4.78, 5) is 0. The Kier molecular flexibility index (Phi) is 33.1. The molecular weight excluding hydrogens is 771 g/mol. The van der Waals surface area contributed by atoms with Crippen molar-refractivity contribution in [1.82, 2.24) is 0 Å². The van der Waals surface area contributed by atoms with Gasteiger partial charge in [0.25, 0.3) is 0 Å². The molecule has 340 valence electrons. The van der Waals surface area contributed by atoms with Crippen molar-refractivity contribution in [2.24, 2.45) is 0 Å². The van der Waals surface area contributed by atoms with E-state index in [2.05, 4.69) is 112 Å². The van der Waals surface area contributed by atoms with Crippen molar-refractivity contribution < 1.29 is 19.1 Å². The molecule has 0 aromatic heterocycles. The van der Waals surface area contributed by atoms with E-state index in [0.29, 0.717) is 0 Å². The number of nitrogens with zero attached hydrogens (tertiary/aromatic N) is 2. The van der Waals surface area contributed by atoms with Crippen molar-refractivity contribution in [3.05, 3.63) is 110 Å². The van der Waals surface area contributed by atoms with Crippen molar-refractivity contribution in [1.29, 1.82) is 0 Å². The van der Waals surface area contributed by atoms with Gasteiger partial charge in [-0.15, -0.1) is 0 Å². The Balaban J connectivity index is 0.000000440. The molecule has 3 heteroatoms. The van der Waals surface area contributed by atoms with Gasteiger partial charge >= 0.3 is 166 Å². The van der Waals surface area contributed by atoms with Gasteiger partial charge in [-0.25, -0.2) is 4.70 Å². The summed E-state index contributed by atoms with van der Waals surface area (Å²) in [7, 11) is 0. The van der Waals surface area contributed by atoms with E-state index in [0.717, 1.165) is 67.5 Å². The van der Waals surface area contributed by atoms with Gasteiger partial charge in [-0.3, -0.25) is 0 Å². The number of rotatable bonds is 35. The van der Waals surface area contributed by atoms with Crippen LogP contribution in [-0.2, 0) is 27.3 Å². The van der Waals surface area contributed by atoms with E-state index < -0.39 is 0 Å². The van der Waals surface area contributed by atoms with Crippen molar-refractivity contribution in [2.45, 2.75) is 241 Å². The van der Waals surface area contributed by atoms with Gasteiger partial charge in [-0.2, -0.15) is 0 Å². The van der Waals surface area contributed by atoms with Gasteiger partial charge in [-0.1, -0.05) is 90.5 Å². The molecular formula is C57H92N2Ni. The third-order valence-electron chi connectivity index (χ3n) is 12.0. The van der Waals surface area contributed by atoms with Crippen LogP contribution >= 0.6 is 0 Å². The Labute approximate surface area is 379 Å². The number of hydrogen-bond donors (Lipinski definition) is 0.